The molecule has 2 aromatic rings. The van der Waals surface area contributed by atoms with Crippen LogP contribution in [0, 0.1) is 5.92 Å². The fourth-order valence-electron chi connectivity index (χ4n) is 3.24. The van der Waals surface area contributed by atoms with Gasteiger partial charge in [-0.1, -0.05) is 6.92 Å². The molecule has 8 nitrogen and oxygen atoms in total. The number of amides is 1. The molecule has 27 heavy (non-hydrogen) atoms. The molecule has 1 atom stereocenters. The van der Waals surface area contributed by atoms with E-state index in [4.69, 9.17) is 0 Å². The Hall–Kier alpha value is -2.26. The molecule has 9 heteroatoms. The van der Waals surface area contributed by atoms with Gasteiger partial charge < -0.3 is 5.32 Å². The fourth-order valence-corrected chi connectivity index (χ4v) is 4.79. The molecule has 1 saturated heterocycles. The lowest BCUT2D eigenvalue weighted by atomic mass is 10.0. The number of carbonyl (C=O) groups is 1. The minimum atomic E-state index is -3.53. The van der Waals surface area contributed by atoms with Crippen LogP contribution in [-0.4, -0.2) is 52.3 Å². The predicted molar refractivity (Wildman–Crippen MR) is 99.0 cm³/mol. The van der Waals surface area contributed by atoms with E-state index in [0.717, 1.165) is 25.7 Å². The molecule has 0 bridgehead atoms. The molecule has 0 radical (unpaired) electrons. The minimum Gasteiger partial charge on any atom is -0.348 e. The Balaban J connectivity index is 1.50. The summed E-state index contributed by atoms with van der Waals surface area (Å²) in [7, 11) is -3.53. The molecule has 1 saturated carbocycles. The van der Waals surface area contributed by atoms with Gasteiger partial charge in [-0.15, -0.1) is 0 Å². The monoisotopic (exact) mass is 389 g/mol. The highest BCUT2D eigenvalue weighted by atomic mass is 32.2. The van der Waals surface area contributed by atoms with Gasteiger partial charge in [0.2, 0.25) is 10.0 Å². The molecular weight excluding hydrogens is 366 g/mol. The van der Waals surface area contributed by atoms with Crippen molar-refractivity contribution >= 4 is 15.9 Å². The summed E-state index contributed by atoms with van der Waals surface area (Å²) in [6, 6.07) is 3.45. The lowest BCUT2D eigenvalue weighted by molar-refractivity contribution is 0.0946. The van der Waals surface area contributed by atoms with Crippen molar-refractivity contribution in [1.82, 2.24) is 24.2 Å². The summed E-state index contributed by atoms with van der Waals surface area (Å²) in [5, 5.41) is 2.88. The van der Waals surface area contributed by atoms with Crippen molar-refractivity contribution in [2.45, 2.75) is 43.5 Å². The van der Waals surface area contributed by atoms with Crippen LogP contribution in [0.25, 0.3) is 5.82 Å². The molecule has 1 amide bonds. The van der Waals surface area contributed by atoms with E-state index in [9.17, 15) is 13.2 Å². The molecule has 1 unspecified atom stereocenters. The van der Waals surface area contributed by atoms with Crippen LogP contribution < -0.4 is 5.32 Å². The number of hydrogen-bond acceptors (Lipinski definition) is 5. The molecule has 1 N–H and O–H groups in total. The normalized spacial score (nSPS) is 21.1. The lowest BCUT2D eigenvalue weighted by Crippen LogP contribution is -2.39. The molecule has 4 rings (SSSR count). The van der Waals surface area contributed by atoms with Crippen molar-refractivity contribution in [1.29, 1.82) is 0 Å². The second-order valence-electron chi connectivity index (χ2n) is 7.38. The number of nitrogens with one attached hydrogen (secondary N) is 1. The summed E-state index contributed by atoms with van der Waals surface area (Å²) in [5.41, 5.74) is 0.322. The number of pyridine rings is 1. The largest absolute Gasteiger partial charge is 0.348 e. The van der Waals surface area contributed by atoms with Gasteiger partial charge in [-0.2, -0.15) is 4.31 Å². The predicted octanol–water partition coefficient (Wildman–Crippen LogP) is 1.58. The molecule has 0 spiro atoms. The number of imidazole rings is 1. The standard InChI is InChI=1S/C18H23N5O3S/c1-13-3-2-8-23(10-13)27(25,26)15-6-7-17(19-9-15)22-11-16(20-12-22)18(24)21-14-4-5-14/h6-7,9,11-14H,2-5,8,10H2,1H3,(H,21,24). The maximum atomic E-state index is 12.8. The van der Waals surface area contributed by atoms with Crippen molar-refractivity contribution in [3.63, 3.8) is 0 Å². The fraction of sp³-hybridized carbons (Fsp3) is 0.500. The Morgan fingerprint density at radius 3 is 2.70 bits per heavy atom. The smallest absolute Gasteiger partial charge is 0.271 e. The molecule has 3 heterocycles. The van der Waals surface area contributed by atoms with E-state index < -0.39 is 10.0 Å². The first-order chi connectivity index (χ1) is 12.9. The second-order valence-corrected chi connectivity index (χ2v) is 9.31. The Labute approximate surface area is 158 Å². The van der Waals surface area contributed by atoms with Crippen molar-refractivity contribution in [3.05, 3.63) is 36.5 Å². The van der Waals surface area contributed by atoms with Crippen LogP contribution in [0.15, 0.2) is 35.7 Å². The van der Waals surface area contributed by atoms with Gasteiger partial charge in [0.25, 0.3) is 5.91 Å². The average Bonchev–Trinajstić information content (AvgIpc) is 3.33. The Morgan fingerprint density at radius 2 is 2.04 bits per heavy atom. The van der Waals surface area contributed by atoms with Crippen LogP contribution in [0.2, 0.25) is 0 Å². The lowest BCUT2D eigenvalue weighted by Gasteiger charge is -2.29. The van der Waals surface area contributed by atoms with E-state index in [1.165, 1.54) is 16.8 Å². The summed E-state index contributed by atoms with van der Waals surface area (Å²) < 4.78 is 28.7. The first-order valence-corrected chi connectivity index (χ1v) is 10.7. The second kappa shape index (κ2) is 7.05. The van der Waals surface area contributed by atoms with Crippen molar-refractivity contribution in [2.75, 3.05) is 13.1 Å². The maximum absolute atomic E-state index is 12.8. The van der Waals surface area contributed by atoms with E-state index in [-0.39, 0.29) is 16.8 Å². The zero-order valence-corrected chi connectivity index (χ0v) is 16.0. The van der Waals surface area contributed by atoms with E-state index in [0.29, 0.717) is 30.5 Å². The molecule has 1 aliphatic heterocycles. The molecule has 144 valence electrons. The molecule has 1 aliphatic carbocycles. The van der Waals surface area contributed by atoms with Crippen LogP contribution in [0.3, 0.4) is 0 Å². The van der Waals surface area contributed by atoms with E-state index in [1.807, 2.05) is 0 Å². The zero-order valence-electron chi connectivity index (χ0n) is 15.2. The number of aromatic nitrogens is 3. The zero-order chi connectivity index (χ0) is 19.0. The third kappa shape index (κ3) is 3.89. The average molecular weight is 389 g/mol. The van der Waals surface area contributed by atoms with Gasteiger partial charge in [0.15, 0.2) is 0 Å². The van der Waals surface area contributed by atoms with Gasteiger partial charge in [0.1, 0.15) is 22.7 Å². The van der Waals surface area contributed by atoms with E-state index >= 15 is 0 Å². The Morgan fingerprint density at radius 1 is 1.22 bits per heavy atom. The van der Waals surface area contributed by atoms with Crippen LogP contribution in [0.1, 0.15) is 43.1 Å². The molecule has 2 fully saturated rings. The van der Waals surface area contributed by atoms with Crippen molar-refractivity contribution in [3.8, 4) is 5.82 Å². The highest BCUT2D eigenvalue weighted by molar-refractivity contribution is 7.89. The first kappa shape index (κ1) is 18.1. The number of rotatable bonds is 5. The summed E-state index contributed by atoms with van der Waals surface area (Å²) >= 11 is 0. The minimum absolute atomic E-state index is 0.187. The third-order valence-corrected chi connectivity index (χ3v) is 6.82. The number of carbonyl (C=O) groups excluding carboxylic acids is 1. The van der Waals surface area contributed by atoms with Crippen molar-refractivity contribution < 1.29 is 13.2 Å². The van der Waals surface area contributed by atoms with Gasteiger partial charge >= 0.3 is 0 Å². The molecule has 0 aromatic carbocycles. The highest BCUT2D eigenvalue weighted by Crippen LogP contribution is 2.23. The van der Waals surface area contributed by atoms with Crippen LogP contribution >= 0.6 is 0 Å². The summed E-state index contributed by atoms with van der Waals surface area (Å²) in [4.78, 5) is 20.6. The van der Waals surface area contributed by atoms with E-state index in [1.54, 1.807) is 22.9 Å². The van der Waals surface area contributed by atoms with Gasteiger partial charge in [-0.05, 0) is 43.7 Å². The van der Waals surface area contributed by atoms with Gasteiger partial charge in [-0.3, -0.25) is 9.36 Å². The van der Waals surface area contributed by atoms with E-state index in [2.05, 4.69) is 22.2 Å². The quantitative estimate of drug-likeness (QED) is 0.837. The molecule has 2 aromatic heterocycles. The Kier molecular flexibility index (Phi) is 4.73. The highest BCUT2D eigenvalue weighted by Gasteiger charge is 2.29. The molecule has 2 aliphatic rings. The van der Waals surface area contributed by atoms with Crippen LogP contribution in [0.5, 0.6) is 0 Å². The van der Waals surface area contributed by atoms with Crippen LogP contribution in [-0.2, 0) is 10.0 Å². The topological polar surface area (TPSA) is 97.2 Å². The number of hydrogen-bond donors (Lipinski definition) is 1. The maximum Gasteiger partial charge on any atom is 0.271 e. The summed E-state index contributed by atoms with van der Waals surface area (Å²) in [5.74, 6) is 0.681. The third-order valence-electron chi connectivity index (χ3n) is 4.97. The Bertz CT molecular complexity index is 934. The number of sulfonamides is 1. The van der Waals surface area contributed by atoms with Gasteiger partial charge in [0.05, 0.1) is 0 Å². The van der Waals surface area contributed by atoms with Gasteiger partial charge in [-0.25, -0.2) is 18.4 Å². The van der Waals surface area contributed by atoms with Gasteiger partial charge in [0, 0.05) is 31.5 Å². The number of piperidine rings is 1. The SMILES string of the molecule is CC1CCCN(S(=O)(=O)c2ccc(-n3cnc(C(=O)NC4CC4)c3)nc2)C1. The van der Waals surface area contributed by atoms with Crippen molar-refractivity contribution in [2.24, 2.45) is 5.92 Å². The number of nitrogens with zero attached hydrogens (tertiary/aromatic N) is 4. The summed E-state index contributed by atoms with van der Waals surface area (Å²) in [6.07, 6.45) is 8.44. The van der Waals surface area contributed by atoms with Crippen LogP contribution in [0.4, 0.5) is 0 Å². The molecular formula is C18H23N5O3S. The summed E-state index contributed by atoms with van der Waals surface area (Å²) in [6.45, 7) is 3.17. The first-order valence-electron chi connectivity index (χ1n) is 9.25.